The maximum atomic E-state index is 13.7. The molecule has 1 aliphatic heterocycles. The Balaban J connectivity index is 1.99. The molecule has 10 heteroatoms. The van der Waals surface area contributed by atoms with Gasteiger partial charge in [0, 0.05) is 28.3 Å². The van der Waals surface area contributed by atoms with Crippen LogP contribution in [0.3, 0.4) is 0 Å². The van der Waals surface area contributed by atoms with Gasteiger partial charge in [-0.1, -0.05) is 26.0 Å². The van der Waals surface area contributed by atoms with E-state index in [0.717, 1.165) is 10.5 Å². The van der Waals surface area contributed by atoms with Crippen molar-refractivity contribution in [3.05, 3.63) is 76.8 Å². The van der Waals surface area contributed by atoms with Crippen molar-refractivity contribution in [2.45, 2.75) is 49.3 Å². The van der Waals surface area contributed by atoms with E-state index < -0.39 is 21.9 Å². The van der Waals surface area contributed by atoms with Gasteiger partial charge in [0.15, 0.2) is 5.78 Å². The van der Waals surface area contributed by atoms with E-state index in [-0.39, 0.29) is 34.1 Å². The molecule has 0 saturated heterocycles. The van der Waals surface area contributed by atoms with E-state index in [1.54, 1.807) is 35.7 Å². The Kier molecular flexibility index (Phi) is 7.29. The lowest BCUT2D eigenvalue weighted by Crippen LogP contribution is -2.43. The second-order valence-electron chi connectivity index (χ2n) is 9.90. The van der Waals surface area contributed by atoms with Crippen LogP contribution >= 0.6 is 11.8 Å². The van der Waals surface area contributed by atoms with Crippen LogP contribution in [0.2, 0.25) is 0 Å². The SMILES string of the molecule is CCOC(=O)C1=C(N)N(c2ccc(S(N)(=O)=O)cc2)C2=C(C(=O)CC(C)(C)C2)C1c1ccc(SC)cc1. The molecule has 37 heavy (non-hydrogen) atoms. The number of carbonyl (C=O) groups excluding carboxylic acids is 2. The summed E-state index contributed by atoms with van der Waals surface area (Å²) < 4.78 is 29.0. The van der Waals surface area contributed by atoms with E-state index in [4.69, 9.17) is 15.6 Å². The first-order valence-electron chi connectivity index (χ1n) is 11.9. The molecule has 1 atom stereocenters. The second kappa shape index (κ2) is 10.00. The van der Waals surface area contributed by atoms with Crippen LogP contribution in [-0.4, -0.2) is 33.0 Å². The Morgan fingerprint density at radius 1 is 1.11 bits per heavy atom. The van der Waals surface area contributed by atoms with Crippen LogP contribution in [0.15, 0.2) is 81.0 Å². The van der Waals surface area contributed by atoms with E-state index in [1.807, 2.05) is 44.4 Å². The van der Waals surface area contributed by atoms with E-state index in [2.05, 4.69) is 0 Å². The third-order valence-electron chi connectivity index (χ3n) is 6.63. The third-order valence-corrected chi connectivity index (χ3v) is 8.30. The standard InChI is InChI=1S/C27H31N3O5S2/c1-5-35-26(32)24-22(16-6-10-18(36-4)11-7-16)23-20(14-27(2,3)15-21(23)31)30(25(24)28)17-8-12-19(13-9-17)37(29,33)34/h6-13,22H,5,14-15,28H2,1-4H3,(H2,29,33,34). The number of hydrogen-bond acceptors (Lipinski definition) is 8. The molecule has 2 aromatic rings. The molecule has 1 unspecified atom stereocenters. The summed E-state index contributed by atoms with van der Waals surface area (Å²) >= 11 is 1.60. The Labute approximate surface area is 221 Å². The molecule has 2 aromatic carbocycles. The first-order valence-corrected chi connectivity index (χ1v) is 14.6. The summed E-state index contributed by atoms with van der Waals surface area (Å²) in [5, 5.41) is 5.28. The fraction of sp³-hybridized carbons (Fsp3) is 0.333. The number of carbonyl (C=O) groups is 2. The molecule has 0 aromatic heterocycles. The van der Waals surface area contributed by atoms with Crippen LogP contribution in [0.5, 0.6) is 0 Å². The number of benzene rings is 2. The van der Waals surface area contributed by atoms with Crippen LogP contribution in [0.25, 0.3) is 0 Å². The normalized spacial score (nSPS) is 19.6. The monoisotopic (exact) mass is 541 g/mol. The largest absolute Gasteiger partial charge is 0.463 e. The van der Waals surface area contributed by atoms with Gasteiger partial charge in [0.2, 0.25) is 10.0 Å². The van der Waals surface area contributed by atoms with Crippen LogP contribution in [0.4, 0.5) is 5.69 Å². The van der Waals surface area contributed by atoms with Gasteiger partial charge in [-0.3, -0.25) is 9.69 Å². The Morgan fingerprint density at radius 3 is 2.27 bits per heavy atom. The van der Waals surface area contributed by atoms with Crippen LogP contribution < -0.4 is 15.8 Å². The van der Waals surface area contributed by atoms with Crippen molar-refractivity contribution in [1.82, 2.24) is 0 Å². The number of ether oxygens (including phenoxy) is 1. The summed E-state index contributed by atoms with van der Waals surface area (Å²) in [6.45, 7) is 5.88. The number of esters is 1. The number of Topliss-reactive ketones (excluding diaryl/α,β-unsaturated/α-hetero) is 1. The van der Waals surface area contributed by atoms with Gasteiger partial charge in [0.05, 0.1) is 23.0 Å². The van der Waals surface area contributed by atoms with E-state index >= 15 is 0 Å². The van der Waals surface area contributed by atoms with E-state index in [0.29, 0.717) is 29.8 Å². The van der Waals surface area contributed by atoms with Crippen molar-refractivity contribution in [2.24, 2.45) is 16.3 Å². The predicted octanol–water partition coefficient (Wildman–Crippen LogP) is 4.04. The van der Waals surface area contributed by atoms with Crippen molar-refractivity contribution >= 4 is 39.2 Å². The molecule has 0 amide bonds. The maximum Gasteiger partial charge on any atom is 0.338 e. The number of allylic oxidation sites excluding steroid dienone is 2. The molecular weight excluding hydrogens is 510 g/mol. The summed E-state index contributed by atoms with van der Waals surface area (Å²) in [6.07, 6.45) is 2.82. The molecule has 0 saturated carbocycles. The number of thioether (sulfide) groups is 1. The molecule has 0 spiro atoms. The van der Waals surface area contributed by atoms with Gasteiger partial charge in [-0.15, -0.1) is 11.8 Å². The van der Waals surface area contributed by atoms with Crippen molar-refractivity contribution in [1.29, 1.82) is 0 Å². The van der Waals surface area contributed by atoms with Gasteiger partial charge in [-0.2, -0.15) is 0 Å². The minimum Gasteiger partial charge on any atom is -0.463 e. The zero-order chi connectivity index (χ0) is 27.1. The fourth-order valence-electron chi connectivity index (χ4n) is 5.03. The van der Waals surface area contributed by atoms with E-state index in [9.17, 15) is 18.0 Å². The molecule has 0 bridgehead atoms. The number of rotatable bonds is 6. The maximum absolute atomic E-state index is 13.7. The fourth-order valence-corrected chi connectivity index (χ4v) is 5.95. The zero-order valence-corrected chi connectivity index (χ0v) is 22.9. The molecule has 4 N–H and O–H groups in total. The van der Waals surface area contributed by atoms with Gasteiger partial charge < -0.3 is 10.5 Å². The quantitative estimate of drug-likeness (QED) is 0.414. The molecule has 0 fully saturated rings. The summed E-state index contributed by atoms with van der Waals surface area (Å²) in [7, 11) is -3.90. The molecular formula is C27H31N3O5S2. The van der Waals surface area contributed by atoms with Crippen molar-refractivity contribution in [3.8, 4) is 0 Å². The summed E-state index contributed by atoms with van der Waals surface area (Å²) in [5.41, 5.74) is 9.06. The highest BCUT2D eigenvalue weighted by molar-refractivity contribution is 7.98. The summed E-state index contributed by atoms with van der Waals surface area (Å²) in [5.74, 6) is -1.21. The first-order chi connectivity index (χ1) is 17.4. The average Bonchev–Trinajstić information content (AvgIpc) is 2.82. The molecule has 2 aliphatic rings. The zero-order valence-electron chi connectivity index (χ0n) is 21.3. The van der Waals surface area contributed by atoms with Gasteiger partial charge in [-0.05, 0) is 67.0 Å². The Morgan fingerprint density at radius 2 is 1.73 bits per heavy atom. The molecule has 1 heterocycles. The molecule has 1 aliphatic carbocycles. The highest BCUT2D eigenvalue weighted by atomic mass is 32.2. The van der Waals surface area contributed by atoms with E-state index in [1.165, 1.54) is 12.1 Å². The minimum absolute atomic E-state index is 0.0533. The number of nitrogens with zero attached hydrogens (tertiary/aromatic N) is 1. The van der Waals surface area contributed by atoms with Crippen LogP contribution in [-0.2, 0) is 24.3 Å². The van der Waals surface area contributed by atoms with Gasteiger partial charge in [0.1, 0.15) is 5.82 Å². The highest BCUT2D eigenvalue weighted by Crippen LogP contribution is 2.50. The lowest BCUT2D eigenvalue weighted by atomic mass is 9.68. The van der Waals surface area contributed by atoms with Gasteiger partial charge >= 0.3 is 5.97 Å². The lowest BCUT2D eigenvalue weighted by molar-refractivity contribution is -0.138. The second-order valence-corrected chi connectivity index (χ2v) is 12.3. The molecule has 0 radical (unpaired) electrons. The molecule has 196 valence electrons. The number of anilines is 1. The lowest BCUT2D eigenvalue weighted by Gasteiger charge is -2.44. The van der Waals surface area contributed by atoms with Crippen molar-refractivity contribution in [2.75, 3.05) is 17.8 Å². The van der Waals surface area contributed by atoms with Crippen molar-refractivity contribution in [3.63, 3.8) is 0 Å². The topological polar surface area (TPSA) is 133 Å². The predicted molar refractivity (Wildman–Crippen MR) is 144 cm³/mol. The summed E-state index contributed by atoms with van der Waals surface area (Å²) in [6, 6.07) is 13.6. The number of sulfonamides is 1. The van der Waals surface area contributed by atoms with Gasteiger partial charge in [0.25, 0.3) is 0 Å². The van der Waals surface area contributed by atoms with Crippen LogP contribution in [0, 0.1) is 5.41 Å². The number of hydrogen-bond donors (Lipinski definition) is 2. The number of ketones is 1. The Hall–Kier alpha value is -3.08. The van der Waals surface area contributed by atoms with Crippen LogP contribution in [0.1, 0.15) is 45.1 Å². The first kappa shape index (κ1) is 27.0. The van der Waals surface area contributed by atoms with Gasteiger partial charge in [-0.25, -0.2) is 18.4 Å². The number of primary sulfonamides is 1. The molecule has 4 rings (SSSR count). The Bertz CT molecular complexity index is 1410. The van der Waals surface area contributed by atoms with Crippen molar-refractivity contribution < 1.29 is 22.7 Å². The minimum atomic E-state index is -3.90. The molecule has 8 nitrogen and oxygen atoms in total. The average molecular weight is 542 g/mol. The summed E-state index contributed by atoms with van der Waals surface area (Å²) in [4.78, 5) is 29.8. The number of nitrogens with two attached hydrogens (primary N) is 2. The smallest absolute Gasteiger partial charge is 0.338 e. The third kappa shape index (κ3) is 5.18. The highest BCUT2D eigenvalue weighted by Gasteiger charge is 2.46.